The lowest BCUT2D eigenvalue weighted by atomic mass is 10.1. The molecule has 0 saturated carbocycles. The summed E-state index contributed by atoms with van der Waals surface area (Å²) in [6.45, 7) is 0. The summed E-state index contributed by atoms with van der Waals surface area (Å²) in [4.78, 5) is 13.3. The fourth-order valence-corrected chi connectivity index (χ4v) is 2.04. The van der Waals surface area contributed by atoms with E-state index in [1.54, 1.807) is 6.07 Å². The van der Waals surface area contributed by atoms with Gasteiger partial charge in [0.05, 0.1) is 11.3 Å². The van der Waals surface area contributed by atoms with Gasteiger partial charge in [-0.15, -0.1) is 0 Å². The highest BCUT2D eigenvalue weighted by molar-refractivity contribution is 9.10. The molecule has 2 nitrogen and oxygen atoms in total. The van der Waals surface area contributed by atoms with Gasteiger partial charge in [-0.2, -0.15) is 0 Å². The summed E-state index contributed by atoms with van der Waals surface area (Å²) in [5.41, 5.74) is -0.00740. The van der Waals surface area contributed by atoms with Crippen molar-refractivity contribution in [1.29, 1.82) is 0 Å². The predicted octanol–water partition coefficient (Wildman–Crippen LogP) is 4.00. The number of hydrogen-bond acceptors (Lipinski definition) is 1. The van der Waals surface area contributed by atoms with Gasteiger partial charge in [-0.25, -0.2) is 8.78 Å². The topological polar surface area (TPSA) is 20.3 Å². The molecule has 0 saturated heterocycles. The van der Waals surface area contributed by atoms with E-state index < -0.39 is 17.5 Å². The van der Waals surface area contributed by atoms with Gasteiger partial charge in [-0.3, -0.25) is 4.79 Å². The van der Waals surface area contributed by atoms with E-state index in [0.29, 0.717) is 4.47 Å². The van der Waals surface area contributed by atoms with Crippen molar-refractivity contribution in [2.24, 2.45) is 0 Å². The summed E-state index contributed by atoms with van der Waals surface area (Å²) in [5, 5.41) is 0. The number of nitrogens with zero attached hydrogens (tertiary/aromatic N) is 1. The molecule has 0 bridgehead atoms. The van der Waals surface area contributed by atoms with Crippen LogP contribution in [0, 0.1) is 11.6 Å². The number of anilines is 1. The molecule has 0 aliphatic carbocycles. The third kappa shape index (κ3) is 2.81. The van der Waals surface area contributed by atoms with Crippen LogP contribution in [0.4, 0.5) is 14.5 Å². The Hall–Kier alpha value is -1.75. The number of hydrogen-bond donors (Lipinski definition) is 0. The van der Waals surface area contributed by atoms with Crippen LogP contribution in [0.2, 0.25) is 0 Å². The monoisotopic (exact) mass is 325 g/mol. The van der Waals surface area contributed by atoms with Crippen molar-refractivity contribution < 1.29 is 13.6 Å². The second-order valence-corrected chi connectivity index (χ2v) is 4.86. The highest BCUT2D eigenvalue weighted by atomic mass is 79.9. The van der Waals surface area contributed by atoms with Crippen LogP contribution < -0.4 is 4.90 Å². The second-order valence-electron chi connectivity index (χ2n) is 3.94. The second kappa shape index (κ2) is 5.48. The summed E-state index contributed by atoms with van der Waals surface area (Å²) in [7, 11) is 1.40. The van der Waals surface area contributed by atoms with Gasteiger partial charge in [0.15, 0.2) is 0 Å². The maximum Gasteiger partial charge on any atom is 0.261 e. The van der Waals surface area contributed by atoms with Gasteiger partial charge in [-0.05, 0) is 30.3 Å². The van der Waals surface area contributed by atoms with Crippen LogP contribution in [0.15, 0.2) is 46.9 Å². The van der Waals surface area contributed by atoms with Crippen LogP contribution in [-0.4, -0.2) is 13.0 Å². The summed E-state index contributed by atoms with van der Waals surface area (Å²) in [6, 6.07) is 9.90. The molecule has 0 aliphatic rings. The molecule has 2 rings (SSSR count). The first-order chi connectivity index (χ1) is 9.00. The summed E-state index contributed by atoms with van der Waals surface area (Å²) >= 11 is 3.17. The first kappa shape index (κ1) is 13.7. The third-order valence-corrected chi connectivity index (χ3v) is 3.17. The lowest BCUT2D eigenvalue weighted by molar-refractivity contribution is 0.0988. The van der Waals surface area contributed by atoms with Gasteiger partial charge in [-0.1, -0.05) is 28.1 Å². The SMILES string of the molecule is CN(C(=O)c1cc(Br)ccc1F)c1ccccc1F. The number of benzene rings is 2. The molecule has 19 heavy (non-hydrogen) atoms. The van der Waals surface area contributed by atoms with Crippen LogP contribution in [-0.2, 0) is 0 Å². The van der Waals surface area contributed by atoms with E-state index in [1.165, 1.54) is 43.4 Å². The maximum absolute atomic E-state index is 13.6. The molecule has 5 heteroatoms. The van der Waals surface area contributed by atoms with Gasteiger partial charge >= 0.3 is 0 Å². The quantitative estimate of drug-likeness (QED) is 0.817. The Kier molecular flexibility index (Phi) is 3.95. The van der Waals surface area contributed by atoms with Crippen molar-refractivity contribution >= 4 is 27.5 Å². The molecule has 0 spiro atoms. The normalized spacial score (nSPS) is 10.3. The Balaban J connectivity index is 2.39. The zero-order valence-corrected chi connectivity index (χ0v) is 11.6. The highest BCUT2D eigenvalue weighted by Gasteiger charge is 2.19. The molecule has 0 aromatic heterocycles. The largest absolute Gasteiger partial charge is 0.309 e. The molecular weight excluding hydrogens is 316 g/mol. The molecule has 0 fully saturated rings. The fraction of sp³-hybridized carbons (Fsp3) is 0.0714. The molecule has 2 aromatic carbocycles. The van der Waals surface area contributed by atoms with Crippen molar-refractivity contribution in [3.05, 3.63) is 64.1 Å². The van der Waals surface area contributed by atoms with E-state index in [4.69, 9.17) is 0 Å². The Morgan fingerprint density at radius 1 is 1.11 bits per heavy atom. The molecule has 1 amide bonds. The Bertz CT molecular complexity index is 631. The van der Waals surface area contributed by atoms with Crippen molar-refractivity contribution in [2.45, 2.75) is 0 Å². The van der Waals surface area contributed by atoms with Crippen molar-refractivity contribution in [1.82, 2.24) is 0 Å². The van der Waals surface area contributed by atoms with Crippen molar-refractivity contribution in [3.8, 4) is 0 Å². The van der Waals surface area contributed by atoms with Gasteiger partial charge in [0.1, 0.15) is 11.6 Å². The minimum absolute atomic E-state index is 0.104. The number of carbonyl (C=O) groups excluding carboxylic acids is 1. The molecule has 0 heterocycles. The number of carbonyl (C=O) groups is 1. The molecular formula is C14H10BrF2NO. The Labute approximate surface area is 117 Å². The third-order valence-electron chi connectivity index (χ3n) is 2.68. The first-order valence-corrected chi connectivity index (χ1v) is 6.27. The molecule has 98 valence electrons. The van der Waals surface area contributed by atoms with Gasteiger partial charge in [0.2, 0.25) is 0 Å². The average molecular weight is 326 g/mol. The molecule has 0 radical (unpaired) electrons. The minimum Gasteiger partial charge on any atom is -0.309 e. The van der Waals surface area contributed by atoms with E-state index in [2.05, 4.69) is 15.9 Å². The summed E-state index contributed by atoms with van der Waals surface area (Å²) in [5.74, 6) is -1.78. The maximum atomic E-state index is 13.6. The lowest BCUT2D eigenvalue weighted by Crippen LogP contribution is -2.27. The van der Waals surface area contributed by atoms with Crippen molar-refractivity contribution in [2.75, 3.05) is 11.9 Å². The average Bonchev–Trinajstić information content (AvgIpc) is 2.40. The van der Waals surface area contributed by atoms with E-state index in [0.717, 1.165) is 4.90 Å². The summed E-state index contributed by atoms with van der Waals surface area (Å²) in [6.07, 6.45) is 0. The Morgan fingerprint density at radius 3 is 2.47 bits per heavy atom. The number of halogens is 3. The zero-order chi connectivity index (χ0) is 14.0. The minimum atomic E-state index is -0.642. The van der Waals surface area contributed by atoms with Gasteiger partial charge < -0.3 is 4.90 Å². The molecule has 0 N–H and O–H groups in total. The number of amides is 1. The van der Waals surface area contributed by atoms with E-state index in [-0.39, 0.29) is 11.3 Å². The van der Waals surface area contributed by atoms with Crippen molar-refractivity contribution in [3.63, 3.8) is 0 Å². The molecule has 2 aromatic rings. The number of rotatable bonds is 2. The molecule has 0 atom stereocenters. The number of para-hydroxylation sites is 1. The van der Waals surface area contributed by atoms with Gasteiger partial charge in [0.25, 0.3) is 5.91 Å². The van der Waals surface area contributed by atoms with Crippen LogP contribution in [0.25, 0.3) is 0 Å². The zero-order valence-electron chi connectivity index (χ0n) is 10.0. The first-order valence-electron chi connectivity index (χ1n) is 5.48. The van der Waals surface area contributed by atoms with E-state index in [9.17, 15) is 13.6 Å². The van der Waals surface area contributed by atoms with Crippen LogP contribution in [0.1, 0.15) is 10.4 Å². The molecule has 0 unspecified atom stereocenters. The highest BCUT2D eigenvalue weighted by Crippen LogP contribution is 2.22. The van der Waals surface area contributed by atoms with Crippen LogP contribution in [0.5, 0.6) is 0 Å². The van der Waals surface area contributed by atoms with Gasteiger partial charge in [0, 0.05) is 11.5 Å². The van der Waals surface area contributed by atoms with Crippen LogP contribution in [0.3, 0.4) is 0 Å². The fourth-order valence-electron chi connectivity index (χ4n) is 1.68. The summed E-state index contributed by atoms with van der Waals surface area (Å²) < 4.78 is 27.8. The van der Waals surface area contributed by atoms with E-state index >= 15 is 0 Å². The Morgan fingerprint density at radius 2 is 1.79 bits per heavy atom. The standard InChI is InChI=1S/C14H10BrF2NO/c1-18(13-5-3-2-4-12(13)17)14(19)10-8-9(15)6-7-11(10)16/h2-8H,1H3. The van der Waals surface area contributed by atoms with E-state index in [1.807, 2.05) is 0 Å². The smallest absolute Gasteiger partial charge is 0.261 e. The lowest BCUT2D eigenvalue weighted by Gasteiger charge is -2.18. The molecule has 0 aliphatic heterocycles. The predicted molar refractivity (Wildman–Crippen MR) is 73.2 cm³/mol. The van der Waals surface area contributed by atoms with Crippen LogP contribution >= 0.6 is 15.9 Å².